The number of carbonyl (C=O) groups excluding carboxylic acids is 3. The molecule has 1 fully saturated rings. The van der Waals surface area contributed by atoms with Crippen molar-refractivity contribution in [1.82, 2.24) is 0 Å². The van der Waals surface area contributed by atoms with Gasteiger partial charge in [0.15, 0.2) is 5.57 Å². The molecular weight excluding hydrogens is 352 g/mol. The number of rotatable bonds is 7. The average Bonchev–Trinajstić information content (AvgIpc) is 2.59. The fourth-order valence-corrected chi connectivity index (χ4v) is 2.37. The summed E-state index contributed by atoms with van der Waals surface area (Å²) >= 11 is 0. The SMILES string of the molecule is CCCCC(=O)Nc1ccc(NC=C2C(=O)OC(C)(C)OC2=O)cc1OC. The minimum atomic E-state index is -1.29. The van der Waals surface area contributed by atoms with Crippen molar-refractivity contribution in [1.29, 1.82) is 0 Å². The van der Waals surface area contributed by atoms with Crippen molar-refractivity contribution in [3.63, 3.8) is 0 Å². The second-order valence-corrected chi connectivity index (χ2v) is 6.45. The van der Waals surface area contributed by atoms with E-state index in [4.69, 9.17) is 14.2 Å². The van der Waals surface area contributed by atoms with E-state index in [1.807, 2.05) is 6.92 Å². The van der Waals surface area contributed by atoms with Crippen LogP contribution < -0.4 is 15.4 Å². The Hall–Kier alpha value is -3.03. The standard InChI is InChI=1S/C19H24N2O6/c1-5-6-7-16(22)21-14-9-8-12(10-15(14)25-4)20-11-13-17(23)26-19(2,3)27-18(13)24/h8-11,20H,5-7H2,1-4H3,(H,21,22). The number of amides is 1. The number of esters is 2. The lowest BCUT2D eigenvalue weighted by molar-refractivity contribution is -0.222. The molecule has 1 aromatic carbocycles. The van der Waals surface area contributed by atoms with Crippen molar-refractivity contribution in [3.05, 3.63) is 30.0 Å². The number of hydrogen-bond acceptors (Lipinski definition) is 7. The molecule has 0 saturated carbocycles. The van der Waals surface area contributed by atoms with Crippen LogP contribution in [0.4, 0.5) is 11.4 Å². The van der Waals surface area contributed by atoms with Crippen LogP contribution in [0, 0.1) is 0 Å². The van der Waals surface area contributed by atoms with E-state index in [1.165, 1.54) is 27.2 Å². The van der Waals surface area contributed by atoms with Gasteiger partial charge >= 0.3 is 11.9 Å². The second kappa shape index (κ2) is 8.57. The molecule has 0 unspecified atom stereocenters. The van der Waals surface area contributed by atoms with Crippen LogP contribution in [0.1, 0.15) is 40.0 Å². The summed E-state index contributed by atoms with van der Waals surface area (Å²) in [5.41, 5.74) is 0.844. The molecule has 1 saturated heterocycles. The summed E-state index contributed by atoms with van der Waals surface area (Å²) in [6.07, 6.45) is 3.40. The monoisotopic (exact) mass is 376 g/mol. The van der Waals surface area contributed by atoms with Gasteiger partial charge in [-0.15, -0.1) is 0 Å². The summed E-state index contributed by atoms with van der Waals surface area (Å²) in [4.78, 5) is 35.7. The largest absolute Gasteiger partial charge is 0.494 e. The second-order valence-electron chi connectivity index (χ2n) is 6.45. The van der Waals surface area contributed by atoms with Crippen molar-refractivity contribution < 1.29 is 28.6 Å². The number of hydrogen-bond donors (Lipinski definition) is 2. The van der Waals surface area contributed by atoms with Crippen LogP contribution in [-0.4, -0.2) is 30.7 Å². The molecular formula is C19H24N2O6. The number of ether oxygens (including phenoxy) is 3. The molecule has 0 radical (unpaired) electrons. The summed E-state index contributed by atoms with van der Waals surface area (Å²) in [5.74, 6) is -2.47. The van der Waals surface area contributed by atoms with Crippen LogP contribution in [0.2, 0.25) is 0 Å². The van der Waals surface area contributed by atoms with Gasteiger partial charge in [-0.05, 0) is 18.6 Å². The lowest BCUT2D eigenvalue weighted by atomic mass is 10.2. The first-order valence-electron chi connectivity index (χ1n) is 8.67. The van der Waals surface area contributed by atoms with E-state index in [0.717, 1.165) is 12.8 Å². The van der Waals surface area contributed by atoms with Gasteiger partial charge in [-0.2, -0.15) is 0 Å². The molecule has 146 valence electrons. The van der Waals surface area contributed by atoms with Gasteiger partial charge in [0.1, 0.15) is 5.75 Å². The van der Waals surface area contributed by atoms with Gasteiger partial charge in [-0.3, -0.25) is 4.79 Å². The van der Waals surface area contributed by atoms with Crippen LogP contribution in [0.5, 0.6) is 5.75 Å². The molecule has 2 rings (SSSR count). The van der Waals surface area contributed by atoms with E-state index < -0.39 is 17.7 Å². The lowest BCUT2D eigenvalue weighted by Gasteiger charge is -2.29. The highest BCUT2D eigenvalue weighted by Crippen LogP contribution is 2.29. The lowest BCUT2D eigenvalue weighted by Crippen LogP contribution is -2.42. The smallest absolute Gasteiger partial charge is 0.350 e. The van der Waals surface area contributed by atoms with Crippen LogP contribution in [-0.2, 0) is 23.9 Å². The molecule has 0 spiro atoms. The van der Waals surface area contributed by atoms with Crippen LogP contribution in [0.15, 0.2) is 30.0 Å². The van der Waals surface area contributed by atoms with Gasteiger partial charge in [0.2, 0.25) is 5.91 Å². The number of methoxy groups -OCH3 is 1. The molecule has 0 aliphatic carbocycles. The van der Waals surface area contributed by atoms with Crippen molar-refractivity contribution in [2.75, 3.05) is 17.7 Å². The van der Waals surface area contributed by atoms with Gasteiger partial charge in [0, 0.05) is 38.2 Å². The van der Waals surface area contributed by atoms with E-state index in [0.29, 0.717) is 23.5 Å². The van der Waals surface area contributed by atoms with Crippen LogP contribution in [0.25, 0.3) is 0 Å². The third kappa shape index (κ3) is 5.47. The Balaban J connectivity index is 2.10. The summed E-state index contributed by atoms with van der Waals surface area (Å²) in [6, 6.07) is 4.98. The maximum absolute atomic E-state index is 11.9. The van der Waals surface area contributed by atoms with Gasteiger partial charge in [0.25, 0.3) is 5.79 Å². The zero-order chi connectivity index (χ0) is 20.0. The fourth-order valence-electron chi connectivity index (χ4n) is 2.37. The highest BCUT2D eigenvalue weighted by Gasteiger charge is 2.38. The molecule has 1 aliphatic heterocycles. The van der Waals surface area contributed by atoms with Crippen LogP contribution >= 0.6 is 0 Å². The zero-order valence-corrected chi connectivity index (χ0v) is 15.9. The Morgan fingerprint density at radius 3 is 2.48 bits per heavy atom. The minimum absolute atomic E-state index is 0.0895. The minimum Gasteiger partial charge on any atom is -0.494 e. The third-order valence-corrected chi connectivity index (χ3v) is 3.73. The molecule has 1 aromatic rings. The van der Waals surface area contributed by atoms with Crippen molar-refractivity contribution in [2.24, 2.45) is 0 Å². The maximum atomic E-state index is 11.9. The Morgan fingerprint density at radius 2 is 1.89 bits per heavy atom. The van der Waals surface area contributed by atoms with E-state index in [2.05, 4.69) is 10.6 Å². The molecule has 2 N–H and O–H groups in total. The van der Waals surface area contributed by atoms with Crippen LogP contribution in [0.3, 0.4) is 0 Å². The molecule has 0 bridgehead atoms. The van der Waals surface area contributed by atoms with Crippen molar-refractivity contribution in [2.45, 2.75) is 45.8 Å². The topological polar surface area (TPSA) is 103 Å². The number of benzene rings is 1. The van der Waals surface area contributed by atoms with Gasteiger partial charge in [0.05, 0.1) is 12.8 Å². The highest BCUT2D eigenvalue weighted by atomic mass is 16.7. The quantitative estimate of drug-likeness (QED) is 0.428. The van der Waals surface area contributed by atoms with Crippen molar-refractivity contribution in [3.8, 4) is 5.75 Å². The predicted molar refractivity (Wildman–Crippen MR) is 99.1 cm³/mol. The zero-order valence-electron chi connectivity index (χ0n) is 15.9. The van der Waals surface area contributed by atoms with Crippen molar-refractivity contribution >= 4 is 29.2 Å². The average molecular weight is 376 g/mol. The van der Waals surface area contributed by atoms with E-state index in [-0.39, 0.29) is 11.5 Å². The van der Waals surface area contributed by atoms with E-state index in [9.17, 15) is 14.4 Å². The van der Waals surface area contributed by atoms with E-state index >= 15 is 0 Å². The maximum Gasteiger partial charge on any atom is 0.350 e. The Bertz CT molecular complexity index is 747. The number of cyclic esters (lactones) is 2. The van der Waals surface area contributed by atoms with Gasteiger partial charge in [-0.25, -0.2) is 9.59 Å². The van der Waals surface area contributed by atoms with Gasteiger partial charge < -0.3 is 24.8 Å². The normalized spacial score (nSPS) is 15.5. The Kier molecular flexibility index (Phi) is 6.44. The van der Waals surface area contributed by atoms with E-state index in [1.54, 1.807) is 18.2 Å². The Morgan fingerprint density at radius 1 is 1.22 bits per heavy atom. The number of carbonyl (C=O) groups is 3. The first-order chi connectivity index (χ1) is 12.8. The first-order valence-corrected chi connectivity index (χ1v) is 8.67. The summed E-state index contributed by atoms with van der Waals surface area (Å²) in [6.45, 7) is 4.97. The summed E-state index contributed by atoms with van der Waals surface area (Å²) in [7, 11) is 1.48. The molecule has 1 heterocycles. The molecule has 8 heteroatoms. The number of nitrogens with one attached hydrogen (secondary N) is 2. The molecule has 0 aromatic heterocycles. The highest BCUT2D eigenvalue weighted by molar-refractivity contribution is 6.15. The predicted octanol–water partition coefficient (Wildman–Crippen LogP) is 2.96. The van der Waals surface area contributed by atoms with Gasteiger partial charge in [-0.1, -0.05) is 13.3 Å². The number of unbranched alkanes of at least 4 members (excludes halogenated alkanes) is 1. The first kappa shape index (κ1) is 20.3. The number of anilines is 2. The molecule has 8 nitrogen and oxygen atoms in total. The molecule has 1 amide bonds. The molecule has 0 atom stereocenters. The fraction of sp³-hybridized carbons (Fsp3) is 0.421. The summed E-state index contributed by atoms with van der Waals surface area (Å²) in [5, 5.41) is 5.63. The third-order valence-electron chi connectivity index (χ3n) is 3.73. The summed E-state index contributed by atoms with van der Waals surface area (Å²) < 4.78 is 15.3. The molecule has 1 aliphatic rings. The Labute approximate surface area is 157 Å². The molecule has 27 heavy (non-hydrogen) atoms.